The van der Waals surface area contributed by atoms with Gasteiger partial charge < -0.3 is 5.32 Å². The fraction of sp³-hybridized carbons (Fsp3) is 0.550. The summed E-state index contributed by atoms with van der Waals surface area (Å²) < 4.78 is 0. The van der Waals surface area contributed by atoms with Gasteiger partial charge in [-0.3, -0.25) is 4.79 Å². The van der Waals surface area contributed by atoms with Gasteiger partial charge in [0.1, 0.15) is 0 Å². The van der Waals surface area contributed by atoms with Crippen molar-refractivity contribution < 1.29 is 4.79 Å². The van der Waals surface area contributed by atoms with E-state index in [-0.39, 0.29) is 5.91 Å². The molecule has 0 aliphatic heterocycles. The first-order chi connectivity index (χ1) is 10.6. The van der Waals surface area contributed by atoms with Crippen LogP contribution in [0.5, 0.6) is 0 Å². The number of amides is 1. The van der Waals surface area contributed by atoms with Crippen LogP contribution < -0.4 is 5.32 Å². The number of allylic oxidation sites excluding steroid dienone is 1. The molecule has 0 saturated carbocycles. The number of benzene rings is 1. The quantitative estimate of drug-likeness (QED) is 0.723. The number of carbonyl (C=O) groups is 1. The topological polar surface area (TPSA) is 29.1 Å². The van der Waals surface area contributed by atoms with E-state index in [0.29, 0.717) is 12.3 Å². The lowest BCUT2D eigenvalue weighted by atomic mass is 9.97. The molecule has 2 heteroatoms. The van der Waals surface area contributed by atoms with Gasteiger partial charge in [0.2, 0.25) is 5.91 Å². The highest BCUT2D eigenvalue weighted by atomic mass is 16.1. The molecule has 120 valence electrons. The number of nitrogens with one attached hydrogen (secondary N) is 1. The maximum Gasteiger partial charge on any atom is 0.220 e. The SMILES string of the molecule is CC(C)c1ccc(CCC(=O)NCCC2=CCCCC2)cc1. The molecule has 0 atom stereocenters. The van der Waals surface area contributed by atoms with E-state index >= 15 is 0 Å². The second kappa shape index (κ2) is 8.77. The first-order valence-corrected chi connectivity index (χ1v) is 8.68. The molecule has 2 nitrogen and oxygen atoms in total. The molecular formula is C20H29NO. The van der Waals surface area contributed by atoms with E-state index in [2.05, 4.69) is 49.5 Å². The number of hydrogen-bond donors (Lipinski definition) is 1. The molecule has 1 aromatic rings. The molecule has 1 amide bonds. The van der Waals surface area contributed by atoms with E-state index in [4.69, 9.17) is 0 Å². The maximum atomic E-state index is 11.9. The second-order valence-electron chi connectivity index (χ2n) is 6.60. The van der Waals surface area contributed by atoms with Crippen LogP contribution in [-0.4, -0.2) is 12.5 Å². The highest BCUT2D eigenvalue weighted by Crippen LogP contribution is 2.19. The van der Waals surface area contributed by atoms with Crippen LogP contribution in [0.4, 0.5) is 0 Å². The molecule has 0 fully saturated rings. The van der Waals surface area contributed by atoms with Crippen LogP contribution in [0.15, 0.2) is 35.9 Å². The Labute approximate surface area is 135 Å². The van der Waals surface area contributed by atoms with Crippen LogP contribution in [0.3, 0.4) is 0 Å². The van der Waals surface area contributed by atoms with Crippen LogP contribution in [0.25, 0.3) is 0 Å². The lowest BCUT2D eigenvalue weighted by Gasteiger charge is -2.13. The summed E-state index contributed by atoms with van der Waals surface area (Å²) in [6, 6.07) is 8.64. The average molecular weight is 299 g/mol. The normalized spacial score (nSPS) is 14.8. The van der Waals surface area contributed by atoms with Crippen molar-refractivity contribution in [3.63, 3.8) is 0 Å². The van der Waals surface area contributed by atoms with E-state index < -0.39 is 0 Å². The lowest BCUT2D eigenvalue weighted by Crippen LogP contribution is -2.25. The minimum absolute atomic E-state index is 0.171. The van der Waals surface area contributed by atoms with E-state index in [1.165, 1.54) is 42.4 Å². The van der Waals surface area contributed by atoms with Crippen molar-refractivity contribution in [1.29, 1.82) is 0 Å². The van der Waals surface area contributed by atoms with Crippen molar-refractivity contribution in [3.8, 4) is 0 Å². The number of hydrogen-bond acceptors (Lipinski definition) is 1. The Morgan fingerprint density at radius 1 is 1.14 bits per heavy atom. The van der Waals surface area contributed by atoms with E-state index in [1.54, 1.807) is 0 Å². The van der Waals surface area contributed by atoms with Crippen LogP contribution in [0, 0.1) is 0 Å². The van der Waals surface area contributed by atoms with Gasteiger partial charge in [0, 0.05) is 13.0 Å². The third-order valence-electron chi connectivity index (χ3n) is 4.44. The van der Waals surface area contributed by atoms with Crippen molar-refractivity contribution in [3.05, 3.63) is 47.0 Å². The Morgan fingerprint density at radius 3 is 2.55 bits per heavy atom. The van der Waals surface area contributed by atoms with Crippen molar-refractivity contribution in [2.24, 2.45) is 0 Å². The molecular weight excluding hydrogens is 270 g/mol. The summed E-state index contributed by atoms with van der Waals surface area (Å²) in [5.74, 6) is 0.732. The van der Waals surface area contributed by atoms with Gasteiger partial charge in [0.05, 0.1) is 0 Å². The van der Waals surface area contributed by atoms with Gasteiger partial charge in [-0.15, -0.1) is 0 Å². The Balaban J connectivity index is 1.65. The van der Waals surface area contributed by atoms with Crippen molar-refractivity contribution in [2.45, 2.75) is 64.7 Å². The second-order valence-corrected chi connectivity index (χ2v) is 6.60. The Morgan fingerprint density at radius 2 is 1.91 bits per heavy atom. The van der Waals surface area contributed by atoms with E-state index in [9.17, 15) is 4.79 Å². The molecule has 1 aromatic carbocycles. The Bertz CT molecular complexity index is 499. The standard InChI is InChI=1S/C20H29NO/c1-16(2)19-11-8-18(9-12-19)10-13-20(22)21-15-14-17-6-4-3-5-7-17/h6,8-9,11-12,16H,3-5,7,10,13-15H2,1-2H3,(H,21,22). The molecule has 1 aliphatic carbocycles. The molecule has 0 saturated heterocycles. The summed E-state index contributed by atoms with van der Waals surface area (Å²) in [7, 11) is 0. The summed E-state index contributed by atoms with van der Waals surface area (Å²) in [6.07, 6.45) is 9.86. The van der Waals surface area contributed by atoms with Gasteiger partial charge in [-0.05, 0) is 55.6 Å². The minimum atomic E-state index is 0.171. The molecule has 0 aromatic heterocycles. The molecule has 22 heavy (non-hydrogen) atoms. The number of carbonyl (C=O) groups excluding carboxylic acids is 1. The van der Waals surface area contributed by atoms with Gasteiger partial charge in [-0.2, -0.15) is 0 Å². The average Bonchev–Trinajstić information content (AvgIpc) is 2.54. The molecule has 0 radical (unpaired) electrons. The van der Waals surface area contributed by atoms with Crippen molar-refractivity contribution in [1.82, 2.24) is 5.32 Å². The van der Waals surface area contributed by atoms with Crippen molar-refractivity contribution in [2.75, 3.05) is 6.54 Å². The Hall–Kier alpha value is -1.57. The highest BCUT2D eigenvalue weighted by molar-refractivity contribution is 5.76. The molecule has 0 heterocycles. The summed E-state index contributed by atoms with van der Waals surface area (Å²) in [6.45, 7) is 5.19. The van der Waals surface area contributed by atoms with Crippen LogP contribution in [0.2, 0.25) is 0 Å². The molecule has 1 N–H and O–H groups in total. The van der Waals surface area contributed by atoms with Gasteiger partial charge in [0.15, 0.2) is 0 Å². The number of rotatable bonds is 7. The predicted molar refractivity (Wildman–Crippen MR) is 93.0 cm³/mol. The largest absolute Gasteiger partial charge is 0.356 e. The molecule has 0 spiro atoms. The first-order valence-electron chi connectivity index (χ1n) is 8.68. The molecule has 0 unspecified atom stereocenters. The number of aryl methyl sites for hydroxylation is 1. The van der Waals surface area contributed by atoms with Crippen LogP contribution in [-0.2, 0) is 11.2 Å². The maximum absolute atomic E-state index is 11.9. The summed E-state index contributed by atoms with van der Waals surface area (Å²) in [4.78, 5) is 11.9. The predicted octanol–water partition coefficient (Wildman–Crippen LogP) is 4.75. The van der Waals surface area contributed by atoms with Crippen LogP contribution in [0.1, 0.15) is 69.4 Å². The molecule has 1 aliphatic rings. The third-order valence-corrected chi connectivity index (χ3v) is 4.44. The zero-order valence-corrected chi connectivity index (χ0v) is 14.0. The lowest BCUT2D eigenvalue weighted by molar-refractivity contribution is -0.121. The highest BCUT2D eigenvalue weighted by Gasteiger charge is 2.06. The summed E-state index contributed by atoms with van der Waals surface area (Å²) >= 11 is 0. The fourth-order valence-corrected chi connectivity index (χ4v) is 2.91. The van der Waals surface area contributed by atoms with Gasteiger partial charge in [0.25, 0.3) is 0 Å². The van der Waals surface area contributed by atoms with Gasteiger partial charge in [-0.1, -0.05) is 49.8 Å². The zero-order chi connectivity index (χ0) is 15.8. The van der Waals surface area contributed by atoms with E-state index in [0.717, 1.165) is 19.4 Å². The van der Waals surface area contributed by atoms with Crippen molar-refractivity contribution >= 4 is 5.91 Å². The fourth-order valence-electron chi connectivity index (χ4n) is 2.91. The summed E-state index contributed by atoms with van der Waals surface area (Å²) in [5, 5.41) is 3.05. The third kappa shape index (κ3) is 5.67. The minimum Gasteiger partial charge on any atom is -0.356 e. The smallest absolute Gasteiger partial charge is 0.220 e. The summed E-state index contributed by atoms with van der Waals surface area (Å²) in [5.41, 5.74) is 4.12. The molecule has 2 rings (SSSR count). The molecule has 0 bridgehead atoms. The Kier molecular flexibility index (Phi) is 6.70. The van der Waals surface area contributed by atoms with Gasteiger partial charge in [-0.25, -0.2) is 0 Å². The zero-order valence-electron chi connectivity index (χ0n) is 14.0. The monoisotopic (exact) mass is 299 g/mol. The first kappa shape index (κ1) is 16.8. The van der Waals surface area contributed by atoms with Crippen LogP contribution >= 0.6 is 0 Å². The van der Waals surface area contributed by atoms with E-state index in [1.807, 2.05) is 0 Å². The van der Waals surface area contributed by atoms with Gasteiger partial charge >= 0.3 is 0 Å².